The quantitative estimate of drug-likeness (QED) is 0.389. The predicted molar refractivity (Wildman–Crippen MR) is 103 cm³/mol. The second-order valence-electron chi connectivity index (χ2n) is 8.10. The number of thioether (sulfide) groups is 1. The van der Waals surface area contributed by atoms with Crippen molar-refractivity contribution in [3.8, 4) is 0 Å². The number of carboxylic acids is 1. The van der Waals surface area contributed by atoms with E-state index in [-0.39, 0.29) is 35.6 Å². The zero-order chi connectivity index (χ0) is 20.8. The number of benzene rings is 1. The summed E-state index contributed by atoms with van der Waals surface area (Å²) in [7, 11) is 0. The van der Waals surface area contributed by atoms with Crippen LogP contribution in [0.4, 0.5) is 0 Å². The van der Waals surface area contributed by atoms with E-state index < -0.39 is 46.0 Å². The second kappa shape index (κ2) is 8.98. The zero-order valence-electron chi connectivity index (χ0n) is 17.4. The van der Waals surface area contributed by atoms with E-state index in [9.17, 15) is 24.6 Å². The van der Waals surface area contributed by atoms with Gasteiger partial charge in [0, 0.05) is 17.3 Å². The van der Waals surface area contributed by atoms with Gasteiger partial charge in [-0.15, -0.1) is 11.8 Å². The Bertz CT molecular complexity index is 788. The Hall–Kier alpha value is -1.06. The molecule has 0 aliphatic carbocycles. The van der Waals surface area contributed by atoms with Crippen LogP contribution in [0.3, 0.4) is 0 Å². The van der Waals surface area contributed by atoms with Gasteiger partial charge in [-0.1, -0.05) is 30.3 Å². The Morgan fingerprint density at radius 3 is 2.38 bits per heavy atom. The maximum absolute atomic E-state index is 13.0. The van der Waals surface area contributed by atoms with Crippen molar-refractivity contribution >= 4 is 29.5 Å². The van der Waals surface area contributed by atoms with Crippen molar-refractivity contribution in [1.29, 1.82) is 0 Å². The monoisotopic (exact) mass is 428 g/mol. The Balaban J connectivity index is 0.00000300. The van der Waals surface area contributed by atoms with Gasteiger partial charge < -0.3 is 24.8 Å². The smallest absolute Gasteiger partial charge is 0.548 e. The van der Waals surface area contributed by atoms with Crippen LogP contribution in [0.25, 0.3) is 0 Å². The fourth-order valence-electron chi connectivity index (χ4n) is 3.93. The molecule has 0 unspecified atom stereocenters. The molecule has 0 bridgehead atoms. The summed E-state index contributed by atoms with van der Waals surface area (Å²) < 4.78 is -0.752. The van der Waals surface area contributed by atoms with Crippen LogP contribution in [0.5, 0.6) is 0 Å². The van der Waals surface area contributed by atoms with Crippen LogP contribution in [0, 0.1) is 5.92 Å². The van der Waals surface area contributed by atoms with E-state index in [0.717, 1.165) is 5.56 Å². The molecule has 7 nitrogen and oxygen atoms in total. The van der Waals surface area contributed by atoms with Gasteiger partial charge >= 0.3 is 29.6 Å². The molecule has 3 rings (SSSR count). The fourth-order valence-corrected chi connectivity index (χ4v) is 5.64. The molecule has 1 aromatic carbocycles. The van der Waals surface area contributed by atoms with Crippen molar-refractivity contribution in [3.63, 3.8) is 0 Å². The predicted octanol–water partition coefficient (Wildman–Crippen LogP) is -2.78. The molecular formula is C20H25N2NaO5S. The van der Waals surface area contributed by atoms with Gasteiger partial charge in [0.25, 0.3) is 5.91 Å². The molecule has 2 saturated heterocycles. The Kier molecular flexibility index (Phi) is 7.49. The summed E-state index contributed by atoms with van der Waals surface area (Å²) in [6, 6.07) is 8.18. The molecule has 2 fully saturated rings. The maximum Gasteiger partial charge on any atom is 1.00 e. The van der Waals surface area contributed by atoms with Crippen molar-refractivity contribution in [3.05, 3.63) is 35.9 Å². The number of carboxylic acid groups (broad SMARTS) is 1. The van der Waals surface area contributed by atoms with Crippen molar-refractivity contribution < 1.29 is 54.2 Å². The molecule has 0 spiro atoms. The van der Waals surface area contributed by atoms with Gasteiger partial charge in [-0.3, -0.25) is 9.59 Å². The van der Waals surface area contributed by atoms with Gasteiger partial charge in [-0.25, -0.2) is 0 Å². The van der Waals surface area contributed by atoms with Crippen molar-refractivity contribution in [2.45, 2.75) is 62.5 Å². The molecule has 0 aromatic heterocycles. The number of aliphatic carboxylic acids is 1. The van der Waals surface area contributed by atoms with Gasteiger partial charge in [0.05, 0.1) is 17.4 Å². The molecule has 2 amide bonds. The normalized spacial score (nSPS) is 25.7. The fraction of sp³-hybridized carbons (Fsp3) is 0.550. The molecule has 2 aliphatic rings. The van der Waals surface area contributed by atoms with E-state index in [4.69, 9.17) is 0 Å². The van der Waals surface area contributed by atoms with E-state index in [2.05, 4.69) is 0 Å². The van der Waals surface area contributed by atoms with Crippen molar-refractivity contribution in [2.24, 2.45) is 5.92 Å². The first kappa shape index (κ1) is 24.2. The summed E-state index contributed by atoms with van der Waals surface area (Å²) in [4.78, 5) is 39.9. The first-order valence-electron chi connectivity index (χ1n) is 9.29. The summed E-state index contributed by atoms with van der Waals surface area (Å²) in [5, 5.41) is 21.7. The van der Waals surface area contributed by atoms with Crippen LogP contribution in [-0.4, -0.2) is 61.0 Å². The first-order chi connectivity index (χ1) is 13.1. The second-order valence-corrected chi connectivity index (χ2v) is 9.87. The van der Waals surface area contributed by atoms with Crippen LogP contribution in [0.15, 0.2) is 30.3 Å². The SMILES string of the molecule is CC(C)N(Cc1ccccc1)C(=O)[C@@H](O)[C@@H]1C(=O)N2[C@@H]1SC(C)(C)[C@@H]2C(=O)[O-].[Na+]. The van der Waals surface area contributed by atoms with E-state index >= 15 is 0 Å². The van der Waals surface area contributed by atoms with Gasteiger partial charge in [0.1, 0.15) is 12.0 Å². The van der Waals surface area contributed by atoms with Crippen LogP contribution in [0.1, 0.15) is 33.3 Å². The molecule has 29 heavy (non-hydrogen) atoms. The van der Waals surface area contributed by atoms with Gasteiger partial charge in [-0.05, 0) is 33.3 Å². The van der Waals surface area contributed by atoms with Crippen molar-refractivity contribution in [2.75, 3.05) is 0 Å². The molecule has 1 N–H and O–H groups in total. The summed E-state index contributed by atoms with van der Waals surface area (Å²) in [5.41, 5.74) is 0.923. The molecule has 2 heterocycles. The van der Waals surface area contributed by atoms with Gasteiger partial charge in [-0.2, -0.15) is 0 Å². The number of aliphatic hydroxyl groups is 1. The molecule has 1 aromatic rings. The molecule has 152 valence electrons. The number of β-lactam (4-membered cyclic amide) rings is 1. The third kappa shape index (κ3) is 4.37. The number of amides is 2. The van der Waals surface area contributed by atoms with Gasteiger partial charge in [0.2, 0.25) is 5.91 Å². The number of fused-ring (bicyclic) bond motifs is 1. The van der Waals surface area contributed by atoms with E-state index in [1.807, 2.05) is 44.2 Å². The van der Waals surface area contributed by atoms with Crippen LogP contribution in [-0.2, 0) is 20.9 Å². The Labute approximate surface area is 197 Å². The zero-order valence-corrected chi connectivity index (χ0v) is 20.2. The number of hydrogen-bond donors (Lipinski definition) is 1. The van der Waals surface area contributed by atoms with E-state index in [1.165, 1.54) is 21.6 Å². The summed E-state index contributed by atoms with van der Waals surface area (Å²) >= 11 is 1.29. The molecular weight excluding hydrogens is 403 g/mol. The summed E-state index contributed by atoms with van der Waals surface area (Å²) in [5.74, 6) is -3.30. The number of carbonyl (C=O) groups is 3. The summed E-state index contributed by atoms with van der Waals surface area (Å²) in [6.07, 6.45) is -1.51. The third-order valence-electron chi connectivity index (χ3n) is 5.40. The minimum atomic E-state index is -1.51. The van der Waals surface area contributed by atoms with Gasteiger partial charge in [0.15, 0.2) is 0 Å². The standard InChI is InChI=1S/C20H26N2O5S.Na/c1-11(2)21(10-12-8-6-5-7-9-12)17(25)14(23)13-16(24)22-15(19(26)27)20(3,4)28-18(13)22;/h5-9,11,13-15,18,23H,10H2,1-4H3,(H,26,27);/q;+1/p-1/t13-,14+,15+,18-;/m1./s1. The van der Waals surface area contributed by atoms with Crippen LogP contribution in [0.2, 0.25) is 0 Å². The average Bonchev–Trinajstić information content (AvgIpc) is 2.87. The maximum atomic E-state index is 13.0. The molecule has 0 radical (unpaired) electrons. The van der Waals surface area contributed by atoms with Crippen molar-refractivity contribution in [1.82, 2.24) is 9.80 Å². The number of nitrogens with zero attached hydrogens (tertiary/aromatic N) is 2. The summed E-state index contributed by atoms with van der Waals surface area (Å²) in [6.45, 7) is 7.48. The Morgan fingerprint density at radius 1 is 1.28 bits per heavy atom. The minimum Gasteiger partial charge on any atom is -0.548 e. The number of rotatable bonds is 6. The molecule has 2 aliphatic heterocycles. The number of hydrogen-bond acceptors (Lipinski definition) is 6. The largest absolute Gasteiger partial charge is 1.00 e. The minimum absolute atomic E-state index is 0. The van der Waals surface area contributed by atoms with Crippen LogP contribution >= 0.6 is 11.8 Å². The van der Waals surface area contributed by atoms with E-state index in [0.29, 0.717) is 6.54 Å². The third-order valence-corrected chi connectivity index (χ3v) is 6.99. The first-order valence-corrected chi connectivity index (χ1v) is 10.2. The Morgan fingerprint density at radius 2 is 1.86 bits per heavy atom. The molecule has 0 saturated carbocycles. The molecule has 9 heteroatoms. The van der Waals surface area contributed by atoms with E-state index in [1.54, 1.807) is 13.8 Å². The average molecular weight is 428 g/mol. The topological polar surface area (TPSA) is 101 Å². The molecule has 4 atom stereocenters. The van der Waals surface area contributed by atoms with Crippen LogP contribution < -0.4 is 34.7 Å². The number of aliphatic hydroxyl groups excluding tert-OH is 1. The number of carbonyl (C=O) groups excluding carboxylic acids is 3.